The molecule has 1 amide bonds. The van der Waals surface area contributed by atoms with E-state index in [1.54, 1.807) is 6.08 Å². The molecule has 17 unspecified atom stereocenters. The summed E-state index contributed by atoms with van der Waals surface area (Å²) in [6, 6.07) is -1.00. The second kappa shape index (κ2) is 58.0. The number of unbranched alkanes of at least 4 members (excludes halogenated alkanes) is 25. The van der Waals surface area contributed by atoms with Crippen molar-refractivity contribution in [3.8, 4) is 0 Å². The van der Waals surface area contributed by atoms with Gasteiger partial charge in [0.2, 0.25) is 5.91 Å². The van der Waals surface area contributed by atoms with Crippen molar-refractivity contribution in [2.75, 3.05) is 26.4 Å². The first-order valence-electron chi connectivity index (χ1n) is 37.6. The number of rotatable bonds is 57. The van der Waals surface area contributed by atoms with Gasteiger partial charge >= 0.3 is 0 Å². The van der Waals surface area contributed by atoms with E-state index in [-0.39, 0.29) is 18.9 Å². The predicted octanol–water partition coefficient (Wildman–Crippen LogP) is 11.4. The summed E-state index contributed by atoms with van der Waals surface area (Å²) >= 11 is 0. The highest BCUT2D eigenvalue weighted by atomic mass is 16.8. The average molecular weight is 1370 g/mol. The molecule has 0 radical (unpaired) electrons. The monoisotopic (exact) mass is 1370 g/mol. The molecule has 3 fully saturated rings. The molecule has 0 aromatic carbocycles. The molecule has 97 heavy (non-hydrogen) atoms. The van der Waals surface area contributed by atoms with Crippen LogP contribution in [0, 0.1) is 0 Å². The van der Waals surface area contributed by atoms with Gasteiger partial charge in [0.1, 0.15) is 73.2 Å². The van der Waals surface area contributed by atoms with Crippen LogP contribution in [0.1, 0.15) is 245 Å². The number of amides is 1. The molecule has 0 spiro atoms. The highest BCUT2D eigenvalue weighted by molar-refractivity contribution is 5.76. The number of hydrogen-bond acceptors (Lipinski definition) is 18. The number of hydrogen-bond donors (Lipinski definition) is 12. The van der Waals surface area contributed by atoms with Gasteiger partial charge < -0.3 is 89.9 Å². The van der Waals surface area contributed by atoms with Crippen molar-refractivity contribution >= 4 is 5.91 Å². The number of carbonyl (C=O) groups excluding carboxylic acids is 1. The summed E-state index contributed by atoms with van der Waals surface area (Å²) in [6.07, 6.45) is 52.1. The molecule has 3 aliphatic rings. The van der Waals surface area contributed by atoms with E-state index >= 15 is 0 Å². The fourth-order valence-corrected chi connectivity index (χ4v) is 12.0. The van der Waals surface area contributed by atoms with Gasteiger partial charge in [-0.2, -0.15) is 0 Å². The third-order valence-corrected chi connectivity index (χ3v) is 18.0. The van der Waals surface area contributed by atoms with Crippen LogP contribution in [-0.2, 0) is 33.2 Å². The molecule has 17 atom stereocenters. The molecule has 558 valence electrons. The highest BCUT2D eigenvalue weighted by Crippen LogP contribution is 2.33. The summed E-state index contributed by atoms with van der Waals surface area (Å²) in [4.78, 5) is 13.4. The fraction of sp³-hybridized carbons (Fsp3) is 0.756. The first kappa shape index (κ1) is 87.7. The second-order valence-electron chi connectivity index (χ2n) is 26.4. The molecular formula is C78H133NO18. The number of allylic oxidation sites excluding steroid dienone is 17. The summed E-state index contributed by atoms with van der Waals surface area (Å²) in [5.74, 6) is -0.293. The van der Waals surface area contributed by atoms with Crippen molar-refractivity contribution in [1.82, 2.24) is 5.32 Å². The lowest BCUT2D eigenvalue weighted by Gasteiger charge is -2.48. The van der Waals surface area contributed by atoms with Crippen LogP contribution in [0.25, 0.3) is 0 Å². The Morgan fingerprint density at radius 2 is 0.722 bits per heavy atom. The molecule has 3 heterocycles. The van der Waals surface area contributed by atoms with Gasteiger partial charge in [-0.05, 0) is 96.3 Å². The Hall–Kier alpha value is -3.55. The number of ether oxygens (including phenoxy) is 6. The Kier molecular flexibility index (Phi) is 52.4. The smallest absolute Gasteiger partial charge is 0.220 e. The molecule has 12 N–H and O–H groups in total. The van der Waals surface area contributed by atoms with E-state index in [4.69, 9.17) is 28.4 Å². The molecule has 0 bridgehead atoms. The predicted molar refractivity (Wildman–Crippen MR) is 383 cm³/mol. The Morgan fingerprint density at radius 3 is 1.15 bits per heavy atom. The molecule has 19 nitrogen and oxygen atoms in total. The maximum Gasteiger partial charge on any atom is 0.220 e. The molecule has 3 rings (SSSR count). The normalized spacial score (nSPS) is 27.5. The van der Waals surface area contributed by atoms with Crippen molar-refractivity contribution in [3.63, 3.8) is 0 Å². The summed E-state index contributed by atoms with van der Waals surface area (Å²) < 4.78 is 34.4. The van der Waals surface area contributed by atoms with Crippen LogP contribution in [0.5, 0.6) is 0 Å². The van der Waals surface area contributed by atoms with Gasteiger partial charge in [-0.25, -0.2) is 0 Å². The van der Waals surface area contributed by atoms with Gasteiger partial charge in [-0.3, -0.25) is 4.79 Å². The number of aliphatic hydroxyl groups is 11. The molecule has 0 aromatic heterocycles. The van der Waals surface area contributed by atoms with E-state index in [9.17, 15) is 61.0 Å². The zero-order valence-corrected chi connectivity index (χ0v) is 59.3. The van der Waals surface area contributed by atoms with Crippen molar-refractivity contribution in [1.29, 1.82) is 0 Å². The highest BCUT2D eigenvalue weighted by Gasteiger charge is 2.53. The van der Waals surface area contributed by atoms with E-state index in [0.29, 0.717) is 12.8 Å². The zero-order chi connectivity index (χ0) is 70.4. The molecule has 19 heteroatoms. The quantitative estimate of drug-likeness (QED) is 0.0199. The Morgan fingerprint density at radius 1 is 0.381 bits per heavy atom. The SMILES string of the molecule is CC/C=C\C/C=C\C/C=C\C/C=C\C/C=C\C/C=C\CCCCCCCCCCCCCCCCC(=O)NC(COC1OC(CO)C(OC2OC(CO)C(OC3OC(CO)C(O)C(O)C3O)C(O)C2O)C(O)C1O)C(O)/C=C/CC/C=C/CC/C=C/CCCCCCCCCCC. The Labute approximate surface area is 583 Å². The van der Waals surface area contributed by atoms with Crippen LogP contribution in [0.4, 0.5) is 0 Å². The molecule has 0 aliphatic carbocycles. The van der Waals surface area contributed by atoms with Gasteiger partial charge in [0.25, 0.3) is 0 Å². The molecule has 0 saturated carbocycles. The second-order valence-corrected chi connectivity index (χ2v) is 26.4. The first-order chi connectivity index (χ1) is 47.3. The average Bonchev–Trinajstić information content (AvgIpc) is 0.845. The van der Waals surface area contributed by atoms with Crippen molar-refractivity contribution < 1.29 is 89.4 Å². The van der Waals surface area contributed by atoms with Crippen LogP contribution in [0.15, 0.2) is 109 Å². The van der Waals surface area contributed by atoms with E-state index in [0.717, 1.165) is 96.3 Å². The number of nitrogens with one attached hydrogen (secondary N) is 1. The summed E-state index contributed by atoms with van der Waals surface area (Å²) in [7, 11) is 0. The summed E-state index contributed by atoms with van der Waals surface area (Å²) in [5, 5.41) is 121. The van der Waals surface area contributed by atoms with E-state index in [1.165, 1.54) is 116 Å². The third kappa shape index (κ3) is 38.9. The maximum atomic E-state index is 13.4. The number of carbonyl (C=O) groups is 1. The lowest BCUT2D eigenvalue weighted by molar-refractivity contribution is -0.379. The largest absolute Gasteiger partial charge is 0.394 e. The minimum Gasteiger partial charge on any atom is -0.394 e. The van der Waals surface area contributed by atoms with Gasteiger partial charge in [0.15, 0.2) is 18.9 Å². The Bertz CT molecular complexity index is 2180. The van der Waals surface area contributed by atoms with Crippen molar-refractivity contribution in [3.05, 3.63) is 109 Å². The van der Waals surface area contributed by atoms with Crippen LogP contribution in [0.3, 0.4) is 0 Å². The minimum atomic E-state index is -1.99. The molecular weight excluding hydrogens is 1240 g/mol. The standard InChI is InChI=1S/C78H133NO18/c1-3-5-7-9-11-13-15-17-19-21-23-24-25-26-27-28-29-30-31-32-33-34-35-36-38-40-42-44-46-48-50-52-54-56-66(84)79-61(62(83)55-53-51-49-47-45-43-41-39-37-22-20-18-16-14-12-10-8-6-4-2)60-92-76-72(90)69(87)74(64(58-81)94-76)97-78-73(91)70(88)75(65(59-82)95-78)96-77-71(89)68(86)67(85)63(57-80)93-77/h5,7,11,13,17,19,23-24,26-27,29-30,37,39,45,47,53,55,61-65,67-78,80-83,85-91H,3-4,6,8-10,12,14-16,18,20-22,25,28,31-36,38,40-44,46,48-52,54,56-60H2,1-2H3,(H,79,84)/b7-5-,13-11-,19-17-,24-23-,27-26-,30-29-,39-37+,47-45+,55-53+. The van der Waals surface area contributed by atoms with Gasteiger partial charge in [0.05, 0.1) is 38.6 Å². The minimum absolute atomic E-state index is 0.225. The molecule has 3 aliphatic heterocycles. The maximum absolute atomic E-state index is 13.4. The van der Waals surface area contributed by atoms with E-state index in [1.807, 2.05) is 6.08 Å². The van der Waals surface area contributed by atoms with Crippen molar-refractivity contribution in [2.45, 2.75) is 349 Å². The van der Waals surface area contributed by atoms with Crippen LogP contribution in [0.2, 0.25) is 0 Å². The molecule has 3 saturated heterocycles. The third-order valence-electron chi connectivity index (χ3n) is 18.0. The summed E-state index contributed by atoms with van der Waals surface area (Å²) in [5.41, 5.74) is 0. The number of aliphatic hydroxyl groups excluding tert-OH is 11. The van der Waals surface area contributed by atoms with Crippen LogP contribution in [-0.4, -0.2) is 193 Å². The van der Waals surface area contributed by atoms with E-state index in [2.05, 4.69) is 116 Å². The van der Waals surface area contributed by atoms with Crippen LogP contribution < -0.4 is 5.32 Å². The molecule has 0 aromatic rings. The topological polar surface area (TPSA) is 307 Å². The Balaban J connectivity index is 1.39. The lowest BCUT2D eigenvalue weighted by atomic mass is 9.96. The van der Waals surface area contributed by atoms with Gasteiger partial charge in [-0.1, -0.05) is 252 Å². The van der Waals surface area contributed by atoms with Crippen molar-refractivity contribution in [2.24, 2.45) is 0 Å². The lowest BCUT2D eigenvalue weighted by Crippen LogP contribution is -2.66. The summed E-state index contributed by atoms with van der Waals surface area (Å²) in [6.45, 7) is 1.59. The fourth-order valence-electron chi connectivity index (χ4n) is 12.0. The zero-order valence-electron chi connectivity index (χ0n) is 59.3. The van der Waals surface area contributed by atoms with Crippen LogP contribution >= 0.6 is 0 Å². The van der Waals surface area contributed by atoms with Gasteiger partial charge in [-0.15, -0.1) is 0 Å². The van der Waals surface area contributed by atoms with E-state index < -0.39 is 124 Å². The van der Waals surface area contributed by atoms with Gasteiger partial charge in [0, 0.05) is 6.42 Å². The first-order valence-corrected chi connectivity index (χ1v) is 37.6.